The number of aromatic amines is 1. The number of ether oxygens (including phenoxy) is 2. The van der Waals surface area contributed by atoms with Crippen molar-refractivity contribution in [3.05, 3.63) is 59.3 Å². The predicted molar refractivity (Wildman–Crippen MR) is 122 cm³/mol. The summed E-state index contributed by atoms with van der Waals surface area (Å²) in [5.74, 6) is 2.14. The molecule has 0 bridgehead atoms. The standard InChI is InChI=1S/C26H30N2O3/c1-30-22-13-7-11-20(26(22)31-2)25-24-19(18-10-5-6-12-21(18)27-24)14-15-28(25)23(29)16-17-8-3-4-9-17/h5-7,10-13,17,25,27H,3-4,8-9,14-16H2,1-2H3. The maximum Gasteiger partial charge on any atom is 0.223 e. The number of fused-ring (bicyclic) bond motifs is 3. The number of nitrogens with one attached hydrogen (secondary N) is 1. The quantitative estimate of drug-likeness (QED) is 0.616. The fraction of sp³-hybridized carbons (Fsp3) is 0.423. The zero-order chi connectivity index (χ0) is 21.4. The number of aromatic nitrogens is 1. The highest BCUT2D eigenvalue weighted by atomic mass is 16.5. The van der Waals surface area contributed by atoms with E-state index in [1.54, 1.807) is 14.2 Å². The molecule has 0 spiro atoms. The Balaban J connectivity index is 1.63. The summed E-state index contributed by atoms with van der Waals surface area (Å²) in [6.07, 6.45) is 6.33. The van der Waals surface area contributed by atoms with Crippen LogP contribution in [-0.2, 0) is 11.2 Å². The molecule has 1 aliphatic heterocycles. The van der Waals surface area contributed by atoms with Gasteiger partial charge in [0.05, 0.1) is 14.2 Å². The van der Waals surface area contributed by atoms with Crippen molar-refractivity contribution in [3.63, 3.8) is 0 Å². The Kier molecular flexibility index (Phi) is 5.34. The highest BCUT2D eigenvalue weighted by Crippen LogP contribution is 2.45. The van der Waals surface area contributed by atoms with Crippen molar-refractivity contribution in [1.29, 1.82) is 0 Å². The van der Waals surface area contributed by atoms with Crippen LogP contribution >= 0.6 is 0 Å². The Morgan fingerprint density at radius 1 is 1.06 bits per heavy atom. The van der Waals surface area contributed by atoms with Gasteiger partial charge in [-0.2, -0.15) is 0 Å². The van der Waals surface area contributed by atoms with Crippen LogP contribution in [0.4, 0.5) is 0 Å². The van der Waals surface area contributed by atoms with Gasteiger partial charge in [-0.25, -0.2) is 0 Å². The molecular weight excluding hydrogens is 388 g/mol. The fourth-order valence-electron chi connectivity index (χ4n) is 5.54. The minimum atomic E-state index is -0.213. The van der Waals surface area contributed by atoms with E-state index in [2.05, 4.69) is 40.2 Å². The smallest absolute Gasteiger partial charge is 0.223 e. The monoisotopic (exact) mass is 418 g/mol. The first-order chi connectivity index (χ1) is 15.2. The molecule has 2 aromatic carbocycles. The molecule has 1 fully saturated rings. The van der Waals surface area contributed by atoms with E-state index in [1.165, 1.54) is 36.6 Å². The van der Waals surface area contributed by atoms with E-state index in [0.717, 1.165) is 23.2 Å². The van der Waals surface area contributed by atoms with Crippen LogP contribution in [0.5, 0.6) is 11.5 Å². The summed E-state index contributed by atoms with van der Waals surface area (Å²) in [6, 6.07) is 14.1. The lowest BCUT2D eigenvalue weighted by atomic mass is 9.90. The normalized spacial score (nSPS) is 18.9. The average molecular weight is 419 g/mol. The van der Waals surface area contributed by atoms with Crippen LogP contribution in [-0.4, -0.2) is 36.6 Å². The summed E-state index contributed by atoms with van der Waals surface area (Å²) in [7, 11) is 3.32. The number of hydrogen-bond donors (Lipinski definition) is 1. The van der Waals surface area contributed by atoms with Crippen LogP contribution in [0.1, 0.15) is 55.0 Å². The molecule has 0 radical (unpaired) electrons. The number of H-pyrrole nitrogens is 1. The molecule has 1 atom stereocenters. The second kappa shape index (κ2) is 8.29. The van der Waals surface area contributed by atoms with Gasteiger partial charge in [0.1, 0.15) is 6.04 Å². The van der Waals surface area contributed by atoms with E-state index in [4.69, 9.17) is 9.47 Å². The molecule has 0 saturated heterocycles. The summed E-state index contributed by atoms with van der Waals surface area (Å²) >= 11 is 0. The lowest BCUT2D eigenvalue weighted by Gasteiger charge is -2.37. The van der Waals surface area contributed by atoms with Gasteiger partial charge >= 0.3 is 0 Å². The minimum Gasteiger partial charge on any atom is -0.493 e. The second-order valence-electron chi connectivity index (χ2n) is 8.74. The molecule has 5 nitrogen and oxygen atoms in total. The van der Waals surface area contributed by atoms with Gasteiger partial charge in [0.15, 0.2) is 11.5 Å². The number of rotatable bonds is 5. The van der Waals surface area contributed by atoms with Crippen molar-refractivity contribution in [2.75, 3.05) is 20.8 Å². The van der Waals surface area contributed by atoms with Gasteiger partial charge in [-0.05, 0) is 42.9 Å². The number of para-hydroxylation sites is 2. The molecule has 1 aliphatic carbocycles. The molecular formula is C26H30N2O3. The van der Waals surface area contributed by atoms with Crippen molar-refractivity contribution in [2.45, 2.75) is 44.6 Å². The van der Waals surface area contributed by atoms with E-state index in [9.17, 15) is 4.79 Å². The maximum absolute atomic E-state index is 13.6. The highest BCUT2D eigenvalue weighted by molar-refractivity contribution is 5.87. The van der Waals surface area contributed by atoms with Gasteiger partial charge in [-0.15, -0.1) is 0 Å². The molecule has 1 unspecified atom stereocenters. The first kappa shape index (κ1) is 20.0. The van der Waals surface area contributed by atoms with Crippen LogP contribution in [0.3, 0.4) is 0 Å². The van der Waals surface area contributed by atoms with E-state index in [-0.39, 0.29) is 11.9 Å². The van der Waals surface area contributed by atoms with Gasteiger partial charge in [0.25, 0.3) is 0 Å². The number of carbonyl (C=O) groups is 1. The summed E-state index contributed by atoms with van der Waals surface area (Å²) in [5.41, 5.74) is 4.48. The van der Waals surface area contributed by atoms with Crippen LogP contribution in [0.15, 0.2) is 42.5 Å². The average Bonchev–Trinajstić information content (AvgIpc) is 3.45. The highest BCUT2D eigenvalue weighted by Gasteiger charge is 2.37. The number of hydrogen-bond acceptors (Lipinski definition) is 3. The third-order valence-electron chi connectivity index (χ3n) is 7.02. The molecule has 5 rings (SSSR count). The Labute approximate surface area is 183 Å². The van der Waals surface area contributed by atoms with E-state index in [1.807, 2.05) is 12.1 Å². The van der Waals surface area contributed by atoms with Crippen LogP contribution < -0.4 is 9.47 Å². The van der Waals surface area contributed by atoms with Crippen molar-refractivity contribution in [3.8, 4) is 11.5 Å². The first-order valence-electron chi connectivity index (χ1n) is 11.3. The lowest BCUT2D eigenvalue weighted by molar-refractivity contribution is -0.134. The molecule has 1 aromatic heterocycles. The third-order valence-corrected chi connectivity index (χ3v) is 7.02. The molecule has 162 valence electrons. The Hall–Kier alpha value is -2.95. The van der Waals surface area contributed by atoms with Gasteiger partial charge in [0, 0.05) is 35.1 Å². The zero-order valence-corrected chi connectivity index (χ0v) is 18.3. The maximum atomic E-state index is 13.6. The molecule has 2 aliphatic rings. The summed E-state index contributed by atoms with van der Waals surface area (Å²) in [4.78, 5) is 19.3. The van der Waals surface area contributed by atoms with Gasteiger partial charge in [-0.3, -0.25) is 4.79 Å². The molecule has 2 heterocycles. The summed E-state index contributed by atoms with van der Waals surface area (Å²) in [6.45, 7) is 0.714. The van der Waals surface area contributed by atoms with Crippen LogP contribution in [0, 0.1) is 5.92 Å². The number of methoxy groups -OCH3 is 2. The molecule has 1 amide bonds. The van der Waals surface area contributed by atoms with Gasteiger partial charge < -0.3 is 19.4 Å². The predicted octanol–water partition coefficient (Wildman–Crippen LogP) is 5.24. The summed E-state index contributed by atoms with van der Waals surface area (Å²) < 4.78 is 11.4. The topological polar surface area (TPSA) is 54.6 Å². The van der Waals surface area contributed by atoms with Crippen molar-refractivity contribution >= 4 is 16.8 Å². The van der Waals surface area contributed by atoms with Gasteiger partial charge in [0.2, 0.25) is 5.91 Å². The van der Waals surface area contributed by atoms with Crippen LogP contribution in [0.25, 0.3) is 10.9 Å². The fourth-order valence-corrected chi connectivity index (χ4v) is 5.54. The van der Waals surface area contributed by atoms with Crippen molar-refractivity contribution in [2.24, 2.45) is 5.92 Å². The summed E-state index contributed by atoms with van der Waals surface area (Å²) in [5, 5.41) is 1.24. The zero-order valence-electron chi connectivity index (χ0n) is 18.3. The van der Waals surface area contributed by atoms with E-state index < -0.39 is 0 Å². The molecule has 3 aromatic rings. The molecule has 1 N–H and O–H groups in total. The molecule has 5 heteroatoms. The van der Waals surface area contributed by atoms with Gasteiger partial charge in [-0.1, -0.05) is 43.2 Å². The largest absolute Gasteiger partial charge is 0.493 e. The minimum absolute atomic E-state index is 0.213. The third kappa shape index (κ3) is 3.46. The lowest BCUT2D eigenvalue weighted by Crippen LogP contribution is -2.41. The number of benzene rings is 2. The number of carbonyl (C=O) groups excluding carboxylic acids is 1. The SMILES string of the molecule is COc1cccc(C2c3[nH]c4ccccc4c3CCN2C(=O)CC2CCCC2)c1OC. The Morgan fingerprint density at radius 3 is 2.65 bits per heavy atom. The first-order valence-corrected chi connectivity index (χ1v) is 11.3. The van der Waals surface area contributed by atoms with E-state index >= 15 is 0 Å². The molecule has 1 saturated carbocycles. The number of amides is 1. The number of nitrogens with zero attached hydrogens (tertiary/aromatic N) is 1. The Bertz CT molecular complexity index is 1100. The second-order valence-corrected chi connectivity index (χ2v) is 8.74. The Morgan fingerprint density at radius 2 is 1.87 bits per heavy atom. The molecule has 31 heavy (non-hydrogen) atoms. The van der Waals surface area contributed by atoms with Crippen LogP contribution in [0.2, 0.25) is 0 Å². The van der Waals surface area contributed by atoms with Crippen molar-refractivity contribution < 1.29 is 14.3 Å². The van der Waals surface area contributed by atoms with E-state index in [0.29, 0.717) is 30.4 Å². The van der Waals surface area contributed by atoms with Crippen molar-refractivity contribution in [1.82, 2.24) is 9.88 Å².